The Bertz CT molecular complexity index is 1480. The third-order valence-electron chi connectivity index (χ3n) is 6.06. The van der Waals surface area contributed by atoms with Crippen molar-refractivity contribution in [1.82, 2.24) is 0 Å². The molecule has 38 heavy (non-hydrogen) atoms. The van der Waals surface area contributed by atoms with E-state index in [1.807, 2.05) is 13.8 Å². The number of aryl methyl sites for hydroxylation is 1. The van der Waals surface area contributed by atoms with Gasteiger partial charge in [0.15, 0.2) is 5.75 Å². The first kappa shape index (κ1) is 26.3. The topological polar surface area (TPSA) is 130 Å². The first-order valence-corrected chi connectivity index (χ1v) is 11.8. The highest BCUT2D eigenvalue weighted by atomic mass is 19.1. The summed E-state index contributed by atoms with van der Waals surface area (Å²) >= 11 is 0. The number of aliphatic hydroxyl groups excluding tert-OH is 1. The number of carbonyl (C=O) groups excluding carboxylic acids is 2. The van der Waals surface area contributed by atoms with Crippen LogP contribution in [0.4, 0.5) is 15.8 Å². The molecule has 0 bridgehead atoms. The molecule has 9 nitrogen and oxygen atoms in total. The Morgan fingerprint density at radius 3 is 2.50 bits per heavy atom. The molecular weight excluding hydrogens is 495 g/mol. The second-order valence-electron chi connectivity index (χ2n) is 9.34. The standard InChI is InChI=1S/C28H25FN2O7/c1-15(2)14-38-23-10-8-18(11-16(23)3)26(33)24-25(17-7-9-22(32)21(12-17)31(36)37)30(28(35)27(24)34)20-6-4-5-19(29)13-20/h4-13,15,25,32-33H,14H2,1-3H3/b26-24-. The lowest BCUT2D eigenvalue weighted by Gasteiger charge is -2.25. The van der Waals surface area contributed by atoms with Crippen LogP contribution < -0.4 is 9.64 Å². The van der Waals surface area contributed by atoms with E-state index in [1.165, 1.54) is 24.3 Å². The van der Waals surface area contributed by atoms with E-state index in [-0.39, 0.29) is 28.3 Å². The van der Waals surface area contributed by atoms with Crippen molar-refractivity contribution in [3.63, 3.8) is 0 Å². The van der Waals surface area contributed by atoms with E-state index in [2.05, 4.69) is 0 Å². The predicted molar refractivity (Wildman–Crippen MR) is 137 cm³/mol. The SMILES string of the molecule is Cc1cc(/C(O)=C2/C(=O)C(=O)N(c3cccc(F)c3)C2c2ccc(O)c([N+](=O)[O-])c2)ccc1OCC(C)C. The number of anilines is 1. The minimum Gasteiger partial charge on any atom is -0.507 e. The van der Waals surface area contributed by atoms with Gasteiger partial charge in [0.05, 0.1) is 23.1 Å². The molecule has 1 unspecified atom stereocenters. The number of halogens is 1. The number of nitro groups is 1. The van der Waals surface area contributed by atoms with Crippen molar-refractivity contribution >= 4 is 28.8 Å². The number of nitrogens with zero attached hydrogens (tertiary/aromatic N) is 2. The second-order valence-corrected chi connectivity index (χ2v) is 9.34. The number of nitro benzene ring substituents is 1. The lowest BCUT2D eigenvalue weighted by Crippen LogP contribution is -2.29. The van der Waals surface area contributed by atoms with Crippen LogP contribution in [0, 0.1) is 28.8 Å². The lowest BCUT2D eigenvalue weighted by molar-refractivity contribution is -0.385. The molecule has 2 N–H and O–H groups in total. The van der Waals surface area contributed by atoms with Crippen molar-refractivity contribution in [2.24, 2.45) is 5.92 Å². The fourth-order valence-electron chi connectivity index (χ4n) is 4.27. The van der Waals surface area contributed by atoms with Crippen molar-refractivity contribution < 1.29 is 33.9 Å². The maximum Gasteiger partial charge on any atom is 0.311 e. The third kappa shape index (κ3) is 4.93. The summed E-state index contributed by atoms with van der Waals surface area (Å²) in [4.78, 5) is 38.1. The molecule has 0 aromatic heterocycles. The van der Waals surface area contributed by atoms with Gasteiger partial charge in [-0.2, -0.15) is 0 Å². The summed E-state index contributed by atoms with van der Waals surface area (Å²) in [5, 5.41) is 32.7. The van der Waals surface area contributed by atoms with E-state index < -0.39 is 45.7 Å². The van der Waals surface area contributed by atoms with Gasteiger partial charge in [0.25, 0.3) is 11.7 Å². The van der Waals surface area contributed by atoms with E-state index >= 15 is 0 Å². The average Bonchev–Trinajstić information content (AvgIpc) is 3.13. The van der Waals surface area contributed by atoms with Crippen LogP contribution in [0.1, 0.15) is 36.6 Å². The number of amides is 1. The second kappa shape index (κ2) is 10.3. The molecule has 1 saturated heterocycles. The molecule has 1 aliphatic heterocycles. The number of ketones is 1. The number of phenols is 1. The van der Waals surface area contributed by atoms with E-state index in [9.17, 15) is 34.3 Å². The number of hydrogen-bond acceptors (Lipinski definition) is 7. The molecule has 3 aromatic carbocycles. The smallest absolute Gasteiger partial charge is 0.311 e. The molecular formula is C28H25FN2O7. The van der Waals surface area contributed by atoms with Crippen LogP contribution in [0.5, 0.6) is 11.5 Å². The minimum absolute atomic E-state index is 0.0143. The molecule has 0 spiro atoms. The summed E-state index contributed by atoms with van der Waals surface area (Å²) in [6.07, 6.45) is 0. The molecule has 1 amide bonds. The third-order valence-corrected chi connectivity index (χ3v) is 6.06. The van der Waals surface area contributed by atoms with Crippen LogP contribution in [0.3, 0.4) is 0 Å². The molecule has 1 fully saturated rings. The maximum absolute atomic E-state index is 14.1. The average molecular weight is 521 g/mol. The van der Waals surface area contributed by atoms with Gasteiger partial charge in [-0.3, -0.25) is 24.6 Å². The van der Waals surface area contributed by atoms with Crippen molar-refractivity contribution in [3.05, 3.63) is 98.9 Å². The largest absolute Gasteiger partial charge is 0.507 e. The van der Waals surface area contributed by atoms with Gasteiger partial charge in [-0.25, -0.2) is 4.39 Å². The van der Waals surface area contributed by atoms with Crippen molar-refractivity contribution in [3.8, 4) is 11.5 Å². The van der Waals surface area contributed by atoms with Gasteiger partial charge in [0, 0.05) is 17.3 Å². The number of carbonyl (C=O) groups is 2. The number of aliphatic hydroxyl groups is 1. The molecule has 0 saturated carbocycles. The fourth-order valence-corrected chi connectivity index (χ4v) is 4.27. The van der Waals surface area contributed by atoms with Crippen LogP contribution in [0.2, 0.25) is 0 Å². The van der Waals surface area contributed by atoms with Crippen LogP contribution in [0.25, 0.3) is 5.76 Å². The highest BCUT2D eigenvalue weighted by Crippen LogP contribution is 2.44. The number of benzene rings is 3. The van der Waals surface area contributed by atoms with Crippen molar-refractivity contribution in [2.45, 2.75) is 26.8 Å². The van der Waals surface area contributed by atoms with Gasteiger partial charge in [0.2, 0.25) is 0 Å². The zero-order chi connectivity index (χ0) is 27.7. The number of Topliss-reactive ketones (excluding diaryl/α,β-unsaturated/α-hetero) is 1. The summed E-state index contributed by atoms with van der Waals surface area (Å²) in [6.45, 7) is 6.24. The fraction of sp³-hybridized carbons (Fsp3) is 0.214. The molecule has 0 radical (unpaired) electrons. The van der Waals surface area contributed by atoms with E-state index in [4.69, 9.17) is 4.74 Å². The lowest BCUT2D eigenvalue weighted by atomic mass is 9.94. The maximum atomic E-state index is 14.1. The quantitative estimate of drug-likeness (QED) is 0.140. The molecule has 10 heteroatoms. The first-order valence-electron chi connectivity index (χ1n) is 11.8. The molecule has 1 aliphatic rings. The van der Waals surface area contributed by atoms with E-state index in [0.29, 0.717) is 17.9 Å². The van der Waals surface area contributed by atoms with Gasteiger partial charge >= 0.3 is 5.69 Å². The highest BCUT2D eigenvalue weighted by molar-refractivity contribution is 6.51. The molecule has 0 aliphatic carbocycles. The Morgan fingerprint density at radius 2 is 1.87 bits per heavy atom. The molecule has 1 atom stereocenters. The summed E-state index contributed by atoms with van der Waals surface area (Å²) < 4.78 is 19.9. The molecule has 3 aromatic rings. The monoisotopic (exact) mass is 520 g/mol. The number of phenolic OH excluding ortho intramolecular Hbond substituents is 1. The van der Waals surface area contributed by atoms with Crippen LogP contribution >= 0.6 is 0 Å². The van der Waals surface area contributed by atoms with Gasteiger partial charge in [0.1, 0.15) is 17.3 Å². The van der Waals surface area contributed by atoms with Crippen molar-refractivity contribution in [1.29, 1.82) is 0 Å². The zero-order valence-corrected chi connectivity index (χ0v) is 20.8. The number of hydrogen-bond donors (Lipinski definition) is 2. The van der Waals surface area contributed by atoms with Gasteiger partial charge in [-0.1, -0.05) is 26.0 Å². The van der Waals surface area contributed by atoms with Crippen molar-refractivity contribution in [2.75, 3.05) is 11.5 Å². The summed E-state index contributed by atoms with van der Waals surface area (Å²) in [5.41, 5.74) is -0.0289. The number of aromatic hydroxyl groups is 1. The highest BCUT2D eigenvalue weighted by Gasteiger charge is 2.47. The van der Waals surface area contributed by atoms with Gasteiger partial charge in [-0.15, -0.1) is 0 Å². The van der Waals surface area contributed by atoms with Gasteiger partial charge < -0.3 is 14.9 Å². The summed E-state index contributed by atoms with van der Waals surface area (Å²) in [6, 6.07) is 11.7. The Morgan fingerprint density at radius 1 is 1.13 bits per heavy atom. The number of rotatable bonds is 7. The normalized spacial score (nSPS) is 16.8. The minimum atomic E-state index is -1.34. The van der Waals surface area contributed by atoms with E-state index in [1.54, 1.807) is 19.1 Å². The van der Waals surface area contributed by atoms with Crippen LogP contribution in [0.15, 0.2) is 66.2 Å². The Hall–Kier alpha value is -4.73. The summed E-state index contributed by atoms with van der Waals surface area (Å²) in [5.74, 6) is -3.03. The molecule has 196 valence electrons. The number of ether oxygens (including phenoxy) is 1. The Balaban J connectivity index is 1.91. The van der Waals surface area contributed by atoms with E-state index in [0.717, 1.165) is 29.2 Å². The summed E-state index contributed by atoms with van der Waals surface area (Å²) in [7, 11) is 0. The molecule has 1 heterocycles. The van der Waals surface area contributed by atoms with Crippen LogP contribution in [-0.4, -0.2) is 33.4 Å². The van der Waals surface area contributed by atoms with Crippen LogP contribution in [-0.2, 0) is 9.59 Å². The molecule has 4 rings (SSSR count). The Labute approximate surface area is 217 Å². The van der Waals surface area contributed by atoms with Gasteiger partial charge in [-0.05, 0) is 66.4 Å². The Kier molecular flexibility index (Phi) is 7.16. The first-order chi connectivity index (χ1) is 18.0. The predicted octanol–water partition coefficient (Wildman–Crippen LogP) is 5.41. The zero-order valence-electron chi connectivity index (χ0n) is 20.8.